The molecule has 0 aromatic heterocycles. The molecule has 1 aliphatic carbocycles. The van der Waals surface area contributed by atoms with E-state index >= 15 is 0 Å². The number of amides is 4. The van der Waals surface area contributed by atoms with E-state index in [-0.39, 0.29) is 48.6 Å². The molecule has 0 radical (unpaired) electrons. The fourth-order valence-corrected chi connectivity index (χ4v) is 6.14. The van der Waals surface area contributed by atoms with Crippen molar-refractivity contribution in [2.75, 3.05) is 38.7 Å². The Morgan fingerprint density at radius 1 is 1.02 bits per heavy atom. The van der Waals surface area contributed by atoms with E-state index in [1.165, 1.54) is 6.42 Å². The third-order valence-corrected chi connectivity index (χ3v) is 9.08. The molecule has 4 amide bonds. The second-order valence-corrected chi connectivity index (χ2v) is 13.0. The van der Waals surface area contributed by atoms with Crippen molar-refractivity contribution in [2.24, 2.45) is 5.92 Å². The van der Waals surface area contributed by atoms with Crippen molar-refractivity contribution in [3.8, 4) is 5.75 Å². The standard InChI is InChI=1S/C36H52N4O6/c1-25-22-40(26(2)24-41)35(43)31-21-30(37-34(42)28-14-7-5-8-15-28)18-19-32(31)46-27(3)13-11-12-20-45-33(25)23-39(4)36(44)38-29-16-9-6-10-17-29/h5,7-8,14-15,18-19,21,25-27,29,33,41H,6,9-13,16-17,20,22-24H2,1-4H3,(H,37,42)(H,38,44)/t25-,26+,27+,33-/m0/s1. The minimum absolute atomic E-state index is 0.108. The van der Waals surface area contributed by atoms with Crippen molar-refractivity contribution in [3.05, 3.63) is 59.7 Å². The highest BCUT2D eigenvalue weighted by atomic mass is 16.5. The van der Waals surface area contributed by atoms with Crippen LogP contribution in [0, 0.1) is 5.92 Å². The smallest absolute Gasteiger partial charge is 0.317 e. The number of likely N-dealkylation sites (N-methyl/N-ethyl adjacent to an activating group) is 1. The van der Waals surface area contributed by atoms with Crippen molar-refractivity contribution >= 4 is 23.5 Å². The largest absolute Gasteiger partial charge is 0.490 e. The summed E-state index contributed by atoms with van der Waals surface area (Å²) >= 11 is 0. The monoisotopic (exact) mass is 636 g/mol. The third-order valence-electron chi connectivity index (χ3n) is 9.08. The number of urea groups is 1. The summed E-state index contributed by atoms with van der Waals surface area (Å²) < 4.78 is 12.7. The molecule has 252 valence electrons. The quantitative estimate of drug-likeness (QED) is 0.358. The molecule has 1 saturated carbocycles. The summed E-state index contributed by atoms with van der Waals surface area (Å²) in [6, 6.07) is 13.6. The first-order valence-electron chi connectivity index (χ1n) is 16.9. The van der Waals surface area contributed by atoms with Gasteiger partial charge in [0.15, 0.2) is 0 Å². The van der Waals surface area contributed by atoms with E-state index in [9.17, 15) is 19.5 Å². The summed E-state index contributed by atoms with van der Waals surface area (Å²) in [6.07, 6.45) is 7.50. The van der Waals surface area contributed by atoms with Crippen LogP contribution in [0.15, 0.2) is 48.5 Å². The number of carbonyl (C=O) groups excluding carboxylic acids is 3. The van der Waals surface area contributed by atoms with E-state index in [0.29, 0.717) is 42.3 Å². The maximum atomic E-state index is 14.3. The summed E-state index contributed by atoms with van der Waals surface area (Å²) in [7, 11) is 1.79. The Bertz CT molecular complexity index is 1280. The molecule has 10 nitrogen and oxygen atoms in total. The molecule has 0 unspecified atom stereocenters. The summed E-state index contributed by atoms with van der Waals surface area (Å²) in [5, 5.41) is 16.3. The van der Waals surface area contributed by atoms with Gasteiger partial charge in [-0.3, -0.25) is 9.59 Å². The highest BCUT2D eigenvalue weighted by molar-refractivity contribution is 6.05. The van der Waals surface area contributed by atoms with Crippen molar-refractivity contribution in [1.82, 2.24) is 15.1 Å². The molecule has 4 atom stereocenters. The number of anilines is 1. The highest BCUT2D eigenvalue weighted by Crippen LogP contribution is 2.29. The van der Waals surface area contributed by atoms with Gasteiger partial charge in [0.1, 0.15) is 5.75 Å². The van der Waals surface area contributed by atoms with E-state index in [1.54, 1.807) is 66.2 Å². The molecular weight excluding hydrogens is 584 g/mol. The number of nitrogens with one attached hydrogen (secondary N) is 2. The third kappa shape index (κ3) is 9.93. The Labute approximate surface area is 273 Å². The molecule has 1 heterocycles. The van der Waals surface area contributed by atoms with Crippen LogP contribution in [-0.4, -0.2) is 90.4 Å². The minimum Gasteiger partial charge on any atom is -0.490 e. The van der Waals surface area contributed by atoms with E-state index in [0.717, 1.165) is 44.9 Å². The van der Waals surface area contributed by atoms with Crippen LogP contribution in [0.2, 0.25) is 0 Å². The number of nitrogens with zero attached hydrogens (tertiary/aromatic N) is 2. The lowest BCUT2D eigenvalue weighted by atomic mass is 9.96. The number of aliphatic hydroxyl groups excluding tert-OH is 1. The fourth-order valence-electron chi connectivity index (χ4n) is 6.14. The molecule has 2 aromatic rings. The number of carbonyl (C=O) groups is 3. The first-order valence-corrected chi connectivity index (χ1v) is 16.9. The number of aliphatic hydroxyl groups is 1. The summed E-state index contributed by atoms with van der Waals surface area (Å²) in [6.45, 7) is 6.77. The summed E-state index contributed by atoms with van der Waals surface area (Å²) in [5.74, 6) is -0.323. The maximum absolute atomic E-state index is 14.3. The van der Waals surface area contributed by atoms with Crippen LogP contribution >= 0.6 is 0 Å². The second-order valence-electron chi connectivity index (χ2n) is 13.0. The predicted molar refractivity (Wildman–Crippen MR) is 179 cm³/mol. The Morgan fingerprint density at radius 3 is 2.46 bits per heavy atom. The lowest BCUT2D eigenvalue weighted by molar-refractivity contribution is -0.0123. The zero-order chi connectivity index (χ0) is 33.1. The van der Waals surface area contributed by atoms with Crippen LogP contribution < -0.4 is 15.4 Å². The number of ether oxygens (including phenoxy) is 2. The molecule has 0 saturated heterocycles. The average Bonchev–Trinajstić information content (AvgIpc) is 3.06. The highest BCUT2D eigenvalue weighted by Gasteiger charge is 2.31. The zero-order valence-electron chi connectivity index (χ0n) is 27.9. The average molecular weight is 637 g/mol. The number of hydrogen-bond acceptors (Lipinski definition) is 6. The van der Waals surface area contributed by atoms with E-state index in [4.69, 9.17) is 9.47 Å². The molecule has 10 heteroatoms. The Hall–Kier alpha value is -3.63. The summed E-state index contributed by atoms with van der Waals surface area (Å²) in [5.41, 5.74) is 1.28. The molecule has 4 rings (SSSR count). The number of hydrogen-bond donors (Lipinski definition) is 3. The molecule has 0 spiro atoms. The SMILES string of the molecule is C[C@@H]1CCCCO[C@@H](CN(C)C(=O)NC2CCCCC2)[C@@H](C)CN([C@H](C)CO)C(=O)c2cc(NC(=O)c3ccccc3)ccc2O1. The van der Waals surface area contributed by atoms with Crippen LogP contribution in [0.1, 0.15) is 92.9 Å². The molecule has 2 aromatic carbocycles. The van der Waals surface area contributed by atoms with Gasteiger partial charge in [-0.15, -0.1) is 0 Å². The lowest BCUT2D eigenvalue weighted by Gasteiger charge is -2.36. The van der Waals surface area contributed by atoms with Gasteiger partial charge in [-0.2, -0.15) is 0 Å². The van der Waals surface area contributed by atoms with Crippen LogP contribution in [0.25, 0.3) is 0 Å². The molecule has 3 N–H and O–H groups in total. The first-order chi connectivity index (χ1) is 22.2. The van der Waals surface area contributed by atoms with E-state index < -0.39 is 6.04 Å². The topological polar surface area (TPSA) is 120 Å². The molecule has 2 aliphatic rings. The molecule has 1 aliphatic heterocycles. The Kier molecular flexibility index (Phi) is 13.3. The zero-order valence-corrected chi connectivity index (χ0v) is 27.9. The number of rotatable bonds is 7. The Morgan fingerprint density at radius 2 is 1.74 bits per heavy atom. The van der Waals surface area contributed by atoms with Crippen LogP contribution in [-0.2, 0) is 4.74 Å². The molecule has 0 bridgehead atoms. The van der Waals surface area contributed by atoms with Gasteiger partial charge in [0.2, 0.25) is 0 Å². The maximum Gasteiger partial charge on any atom is 0.317 e. The molecular formula is C36H52N4O6. The second kappa shape index (κ2) is 17.3. The minimum atomic E-state index is -0.497. The van der Waals surface area contributed by atoms with Gasteiger partial charge in [0.25, 0.3) is 11.8 Å². The van der Waals surface area contributed by atoms with E-state index in [1.807, 2.05) is 19.9 Å². The lowest BCUT2D eigenvalue weighted by Crippen LogP contribution is -2.50. The van der Waals surface area contributed by atoms with Crippen molar-refractivity contribution in [1.29, 1.82) is 0 Å². The van der Waals surface area contributed by atoms with Crippen molar-refractivity contribution < 1.29 is 29.0 Å². The van der Waals surface area contributed by atoms with Crippen LogP contribution in [0.3, 0.4) is 0 Å². The first kappa shape index (κ1) is 35.2. The normalized spacial score (nSPS) is 22.5. The van der Waals surface area contributed by atoms with Gasteiger partial charge >= 0.3 is 6.03 Å². The van der Waals surface area contributed by atoms with Gasteiger partial charge in [-0.1, -0.05) is 44.4 Å². The van der Waals surface area contributed by atoms with Gasteiger partial charge in [-0.25, -0.2) is 4.79 Å². The molecule has 1 fully saturated rings. The van der Waals surface area contributed by atoms with Gasteiger partial charge in [0.05, 0.1) is 30.4 Å². The van der Waals surface area contributed by atoms with Gasteiger partial charge in [0, 0.05) is 50.0 Å². The van der Waals surface area contributed by atoms with Gasteiger partial charge < -0.3 is 35.0 Å². The molecule has 46 heavy (non-hydrogen) atoms. The van der Waals surface area contributed by atoms with Gasteiger partial charge in [-0.05, 0) is 76.3 Å². The number of fused-ring (bicyclic) bond motifs is 1. The fraction of sp³-hybridized carbons (Fsp3) is 0.583. The van der Waals surface area contributed by atoms with Crippen molar-refractivity contribution in [3.63, 3.8) is 0 Å². The number of benzene rings is 2. The van der Waals surface area contributed by atoms with E-state index in [2.05, 4.69) is 10.6 Å². The van der Waals surface area contributed by atoms with Crippen molar-refractivity contribution in [2.45, 2.75) is 96.4 Å². The Balaban J connectivity index is 1.58. The van der Waals surface area contributed by atoms with Crippen LogP contribution in [0.5, 0.6) is 5.75 Å². The summed E-state index contributed by atoms with van der Waals surface area (Å²) in [4.78, 5) is 43.7. The predicted octanol–water partition coefficient (Wildman–Crippen LogP) is 5.71. The van der Waals surface area contributed by atoms with Crippen LogP contribution in [0.4, 0.5) is 10.5 Å².